The van der Waals surface area contributed by atoms with Crippen molar-refractivity contribution in [2.24, 2.45) is 0 Å². The van der Waals surface area contributed by atoms with E-state index in [9.17, 15) is 0 Å². The third-order valence-corrected chi connectivity index (χ3v) is 3.73. The van der Waals surface area contributed by atoms with Gasteiger partial charge >= 0.3 is 0 Å². The quantitative estimate of drug-likeness (QED) is 0.924. The number of aliphatic hydroxyl groups excluding tert-OH is 1. The number of aromatic nitrogens is 1. The molecule has 20 heavy (non-hydrogen) atoms. The SMILES string of the molecule is OCc1cc(N2CCN(c3ccccc3)CC2)ccn1. The highest BCUT2D eigenvalue weighted by Gasteiger charge is 2.17. The highest BCUT2D eigenvalue weighted by atomic mass is 16.3. The normalized spacial score (nSPS) is 15.4. The van der Waals surface area contributed by atoms with E-state index in [-0.39, 0.29) is 6.61 Å². The summed E-state index contributed by atoms with van der Waals surface area (Å²) in [6.07, 6.45) is 1.77. The largest absolute Gasteiger partial charge is 0.390 e. The molecule has 1 fully saturated rings. The Hall–Kier alpha value is -2.07. The van der Waals surface area contributed by atoms with Crippen molar-refractivity contribution in [2.45, 2.75) is 6.61 Å². The van der Waals surface area contributed by atoms with Crippen LogP contribution >= 0.6 is 0 Å². The molecule has 104 valence electrons. The second-order valence-electron chi connectivity index (χ2n) is 4.97. The van der Waals surface area contributed by atoms with Crippen LogP contribution < -0.4 is 9.80 Å². The van der Waals surface area contributed by atoms with Gasteiger partial charge < -0.3 is 14.9 Å². The summed E-state index contributed by atoms with van der Waals surface area (Å²) in [7, 11) is 0. The minimum atomic E-state index is -0.00216. The molecule has 0 saturated carbocycles. The molecule has 1 saturated heterocycles. The molecule has 3 rings (SSSR count). The number of piperazine rings is 1. The molecule has 0 spiro atoms. The fourth-order valence-corrected chi connectivity index (χ4v) is 2.61. The molecule has 4 nitrogen and oxygen atoms in total. The second kappa shape index (κ2) is 5.92. The summed E-state index contributed by atoms with van der Waals surface area (Å²) in [5.74, 6) is 0. The lowest BCUT2D eigenvalue weighted by Gasteiger charge is -2.37. The van der Waals surface area contributed by atoms with E-state index in [0.29, 0.717) is 0 Å². The summed E-state index contributed by atoms with van der Waals surface area (Å²) in [6.45, 7) is 4.01. The second-order valence-corrected chi connectivity index (χ2v) is 4.97. The van der Waals surface area contributed by atoms with E-state index < -0.39 is 0 Å². The van der Waals surface area contributed by atoms with Crippen molar-refractivity contribution < 1.29 is 5.11 Å². The first kappa shape index (κ1) is 12.9. The average Bonchev–Trinajstić information content (AvgIpc) is 2.56. The number of pyridine rings is 1. The molecule has 0 unspecified atom stereocenters. The van der Waals surface area contributed by atoms with Gasteiger partial charge in [0.25, 0.3) is 0 Å². The number of benzene rings is 1. The molecule has 1 aromatic heterocycles. The van der Waals surface area contributed by atoms with Gasteiger partial charge in [0, 0.05) is 43.8 Å². The smallest absolute Gasteiger partial charge is 0.0853 e. The van der Waals surface area contributed by atoms with Crippen molar-refractivity contribution in [3.05, 3.63) is 54.4 Å². The van der Waals surface area contributed by atoms with Gasteiger partial charge in [-0.3, -0.25) is 4.98 Å². The predicted octanol–water partition coefficient (Wildman–Crippen LogP) is 1.90. The highest BCUT2D eigenvalue weighted by Crippen LogP contribution is 2.20. The van der Waals surface area contributed by atoms with Gasteiger partial charge in [0.05, 0.1) is 12.3 Å². The molecule has 2 heterocycles. The lowest BCUT2D eigenvalue weighted by molar-refractivity contribution is 0.277. The van der Waals surface area contributed by atoms with Crippen LogP contribution in [0.3, 0.4) is 0 Å². The van der Waals surface area contributed by atoms with Crippen molar-refractivity contribution in [3.63, 3.8) is 0 Å². The standard InChI is InChI=1S/C16H19N3O/c20-13-14-12-16(6-7-17-14)19-10-8-18(9-11-19)15-4-2-1-3-5-15/h1-7,12,20H,8-11,13H2. The van der Waals surface area contributed by atoms with Gasteiger partial charge in [0.1, 0.15) is 0 Å². The van der Waals surface area contributed by atoms with Crippen LogP contribution in [-0.2, 0) is 6.61 Å². The fraction of sp³-hybridized carbons (Fsp3) is 0.312. The molecule has 1 aromatic carbocycles. The zero-order valence-electron chi connectivity index (χ0n) is 11.4. The molecule has 1 N–H and O–H groups in total. The molecule has 0 bridgehead atoms. The summed E-state index contributed by atoms with van der Waals surface area (Å²) in [5.41, 5.74) is 3.17. The lowest BCUT2D eigenvalue weighted by Crippen LogP contribution is -2.46. The number of aliphatic hydroxyl groups is 1. The van der Waals surface area contributed by atoms with Gasteiger partial charge in [-0.2, -0.15) is 0 Å². The van der Waals surface area contributed by atoms with Gasteiger partial charge in [-0.1, -0.05) is 18.2 Å². The summed E-state index contributed by atoms with van der Waals surface area (Å²) in [6, 6.07) is 14.5. The highest BCUT2D eigenvalue weighted by molar-refractivity contribution is 5.51. The third kappa shape index (κ3) is 2.75. The van der Waals surface area contributed by atoms with E-state index in [4.69, 9.17) is 5.11 Å². The summed E-state index contributed by atoms with van der Waals surface area (Å²) >= 11 is 0. The Kier molecular flexibility index (Phi) is 3.83. The first-order chi connectivity index (χ1) is 9.86. The molecule has 1 aliphatic rings. The molecule has 0 atom stereocenters. The molecule has 2 aromatic rings. The van der Waals surface area contributed by atoms with E-state index >= 15 is 0 Å². The summed E-state index contributed by atoms with van der Waals surface area (Å²) in [5, 5.41) is 9.16. The number of para-hydroxylation sites is 1. The first-order valence-electron chi connectivity index (χ1n) is 6.97. The molecule has 1 aliphatic heterocycles. The van der Waals surface area contributed by atoms with Gasteiger partial charge in [-0.05, 0) is 24.3 Å². The van der Waals surface area contributed by atoms with Crippen LogP contribution in [0.2, 0.25) is 0 Å². The van der Waals surface area contributed by atoms with Crippen LogP contribution in [0, 0.1) is 0 Å². The summed E-state index contributed by atoms with van der Waals surface area (Å²) < 4.78 is 0. The number of anilines is 2. The fourth-order valence-electron chi connectivity index (χ4n) is 2.61. The van der Waals surface area contributed by atoms with Gasteiger partial charge in [0.2, 0.25) is 0 Å². The average molecular weight is 269 g/mol. The van der Waals surface area contributed by atoms with Crippen molar-refractivity contribution in [2.75, 3.05) is 36.0 Å². The maximum absolute atomic E-state index is 9.16. The Morgan fingerprint density at radius 2 is 1.55 bits per heavy atom. The Morgan fingerprint density at radius 1 is 0.900 bits per heavy atom. The van der Waals surface area contributed by atoms with Crippen LogP contribution in [0.25, 0.3) is 0 Å². The van der Waals surface area contributed by atoms with E-state index in [1.165, 1.54) is 5.69 Å². The van der Waals surface area contributed by atoms with Crippen molar-refractivity contribution in [1.82, 2.24) is 4.98 Å². The lowest BCUT2D eigenvalue weighted by atomic mass is 10.2. The monoisotopic (exact) mass is 269 g/mol. The minimum absolute atomic E-state index is 0.00216. The van der Waals surface area contributed by atoms with Crippen LogP contribution in [0.1, 0.15) is 5.69 Å². The molecular formula is C16H19N3O. The van der Waals surface area contributed by atoms with Crippen LogP contribution in [0.4, 0.5) is 11.4 Å². The van der Waals surface area contributed by atoms with Crippen molar-refractivity contribution in [1.29, 1.82) is 0 Å². The van der Waals surface area contributed by atoms with E-state index in [1.54, 1.807) is 6.20 Å². The molecule has 4 heteroatoms. The Morgan fingerprint density at radius 3 is 2.20 bits per heavy atom. The van der Waals surface area contributed by atoms with Gasteiger partial charge in [-0.25, -0.2) is 0 Å². The molecular weight excluding hydrogens is 250 g/mol. The molecule has 0 amide bonds. The number of hydrogen-bond acceptors (Lipinski definition) is 4. The van der Waals surface area contributed by atoms with Crippen LogP contribution in [0.15, 0.2) is 48.7 Å². The van der Waals surface area contributed by atoms with E-state index in [0.717, 1.165) is 37.6 Å². The third-order valence-electron chi connectivity index (χ3n) is 3.73. The number of hydrogen-bond donors (Lipinski definition) is 1. The Labute approximate surface area is 119 Å². The number of nitrogens with zero attached hydrogens (tertiary/aromatic N) is 3. The first-order valence-corrected chi connectivity index (χ1v) is 6.97. The van der Waals surface area contributed by atoms with E-state index in [2.05, 4.69) is 39.0 Å². The van der Waals surface area contributed by atoms with Gasteiger partial charge in [-0.15, -0.1) is 0 Å². The van der Waals surface area contributed by atoms with Gasteiger partial charge in [0.15, 0.2) is 0 Å². The van der Waals surface area contributed by atoms with E-state index in [1.807, 2.05) is 18.2 Å². The minimum Gasteiger partial charge on any atom is -0.390 e. The van der Waals surface area contributed by atoms with Crippen LogP contribution in [0.5, 0.6) is 0 Å². The zero-order valence-corrected chi connectivity index (χ0v) is 11.4. The Balaban J connectivity index is 1.66. The molecule has 0 radical (unpaired) electrons. The number of rotatable bonds is 3. The molecule has 0 aliphatic carbocycles. The zero-order chi connectivity index (χ0) is 13.8. The topological polar surface area (TPSA) is 39.6 Å². The Bertz CT molecular complexity index is 551. The maximum atomic E-state index is 9.16. The van der Waals surface area contributed by atoms with Crippen LogP contribution in [-0.4, -0.2) is 36.3 Å². The maximum Gasteiger partial charge on any atom is 0.0853 e. The summed E-state index contributed by atoms with van der Waals surface area (Å²) in [4.78, 5) is 8.88. The van der Waals surface area contributed by atoms with Crippen molar-refractivity contribution >= 4 is 11.4 Å². The van der Waals surface area contributed by atoms with Crippen molar-refractivity contribution in [3.8, 4) is 0 Å². The predicted molar refractivity (Wildman–Crippen MR) is 81.0 cm³/mol.